The molecule has 0 aliphatic carbocycles. The van der Waals surface area contributed by atoms with Crippen molar-refractivity contribution in [3.05, 3.63) is 35.4 Å². The van der Waals surface area contributed by atoms with Crippen molar-refractivity contribution in [3.8, 4) is 0 Å². The molecular formula is C19H28F2N4O2. The van der Waals surface area contributed by atoms with E-state index in [-0.39, 0.29) is 35.3 Å². The molecule has 1 aromatic rings. The zero-order chi connectivity index (χ0) is 20.4. The molecule has 0 bridgehead atoms. The number of carbonyl (C=O) groups is 2. The van der Waals surface area contributed by atoms with Crippen molar-refractivity contribution >= 4 is 11.8 Å². The minimum atomic E-state index is -2.53. The maximum atomic E-state index is 12.8. The number of amides is 2. The van der Waals surface area contributed by atoms with Crippen LogP contribution >= 0.6 is 0 Å². The van der Waals surface area contributed by atoms with Gasteiger partial charge in [-0.1, -0.05) is 45.0 Å². The van der Waals surface area contributed by atoms with Crippen LogP contribution in [0, 0.1) is 5.41 Å². The van der Waals surface area contributed by atoms with Gasteiger partial charge >= 0.3 is 0 Å². The summed E-state index contributed by atoms with van der Waals surface area (Å²) in [7, 11) is 3.58. The second kappa shape index (κ2) is 8.31. The number of rotatable bonds is 5. The molecule has 2 rings (SSSR count). The SMILES string of the molecule is CN(C)C1NC(=O)CC(C(=O)N[C@@H](c2ccc(C(F)F)cc2)C(C)(C)C)N1. The van der Waals surface area contributed by atoms with Crippen molar-refractivity contribution in [3.63, 3.8) is 0 Å². The summed E-state index contributed by atoms with van der Waals surface area (Å²) in [5, 5.41) is 8.84. The first kappa shape index (κ1) is 21.2. The van der Waals surface area contributed by atoms with E-state index in [1.54, 1.807) is 31.1 Å². The van der Waals surface area contributed by atoms with Crippen LogP contribution in [0.25, 0.3) is 0 Å². The zero-order valence-corrected chi connectivity index (χ0v) is 16.3. The van der Waals surface area contributed by atoms with E-state index >= 15 is 0 Å². The lowest BCUT2D eigenvalue weighted by Gasteiger charge is -2.37. The normalized spacial score (nSPS) is 21.9. The Morgan fingerprint density at radius 3 is 2.22 bits per heavy atom. The summed E-state index contributed by atoms with van der Waals surface area (Å²) in [5.41, 5.74) is 0.335. The third kappa shape index (κ3) is 5.46. The van der Waals surface area contributed by atoms with Crippen LogP contribution in [-0.2, 0) is 9.59 Å². The number of alkyl halides is 2. The molecule has 2 amide bonds. The largest absolute Gasteiger partial charge is 0.347 e. The Kier molecular flexibility index (Phi) is 6.54. The first-order valence-electron chi connectivity index (χ1n) is 8.89. The highest BCUT2D eigenvalue weighted by atomic mass is 19.3. The minimum Gasteiger partial charge on any atom is -0.347 e. The van der Waals surface area contributed by atoms with E-state index in [9.17, 15) is 18.4 Å². The van der Waals surface area contributed by atoms with Crippen LogP contribution < -0.4 is 16.0 Å². The molecule has 1 saturated heterocycles. The van der Waals surface area contributed by atoms with Crippen LogP contribution in [0.2, 0.25) is 0 Å². The summed E-state index contributed by atoms with van der Waals surface area (Å²) < 4.78 is 25.6. The molecule has 1 aromatic carbocycles. The van der Waals surface area contributed by atoms with E-state index in [2.05, 4.69) is 16.0 Å². The van der Waals surface area contributed by atoms with Gasteiger partial charge in [-0.15, -0.1) is 0 Å². The van der Waals surface area contributed by atoms with E-state index < -0.39 is 18.8 Å². The predicted molar refractivity (Wildman–Crippen MR) is 98.9 cm³/mol. The Balaban J connectivity index is 2.18. The van der Waals surface area contributed by atoms with Gasteiger partial charge in [0.1, 0.15) is 6.29 Å². The molecule has 6 nitrogen and oxygen atoms in total. The summed E-state index contributed by atoms with van der Waals surface area (Å²) in [6, 6.07) is 4.92. The van der Waals surface area contributed by atoms with Gasteiger partial charge < -0.3 is 10.6 Å². The average Bonchev–Trinajstić information content (AvgIpc) is 2.58. The number of hydrogen-bond acceptors (Lipinski definition) is 4. The van der Waals surface area contributed by atoms with Crippen LogP contribution in [0.15, 0.2) is 24.3 Å². The lowest BCUT2D eigenvalue weighted by atomic mass is 9.82. The molecule has 27 heavy (non-hydrogen) atoms. The molecule has 1 fully saturated rings. The molecule has 1 aliphatic rings. The predicted octanol–water partition coefficient (Wildman–Crippen LogP) is 2.15. The van der Waals surface area contributed by atoms with Crippen molar-refractivity contribution < 1.29 is 18.4 Å². The van der Waals surface area contributed by atoms with Crippen molar-refractivity contribution in [1.29, 1.82) is 0 Å². The zero-order valence-electron chi connectivity index (χ0n) is 16.3. The van der Waals surface area contributed by atoms with Crippen molar-refractivity contribution in [1.82, 2.24) is 20.9 Å². The standard InChI is InChI=1S/C19H28F2N4O2/c1-19(2,3)15(11-6-8-12(9-7-11)16(20)21)24-17(27)13-10-14(26)23-18(22-13)25(4)5/h6-9,13,15-16,18,22H,10H2,1-5H3,(H,23,26)(H,24,27)/t13?,15-,18?/m0/s1. The third-order valence-electron chi connectivity index (χ3n) is 4.55. The Morgan fingerprint density at radius 2 is 1.74 bits per heavy atom. The maximum Gasteiger partial charge on any atom is 0.263 e. The number of carbonyl (C=O) groups excluding carboxylic acids is 2. The van der Waals surface area contributed by atoms with E-state index in [4.69, 9.17) is 0 Å². The fourth-order valence-corrected chi connectivity index (χ4v) is 3.01. The fourth-order valence-electron chi connectivity index (χ4n) is 3.01. The van der Waals surface area contributed by atoms with Crippen molar-refractivity contribution in [2.75, 3.05) is 14.1 Å². The average molecular weight is 382 g/mol. The number of nitrogens with one attached hydrogen (secondary N) is 3. The summed E-state index contributed by atoms with van der Waals surface area (Å²) in [6.07, 6.45) is -2.92. The molecule has 2 unspecified atom stereocenters. The van der Waals surface area contributed by atoms with Gasteiger partial charge in [0.15, 0.2) is 0 Å². The van der Waals surface area contributed by atoms with Crippen molar-refractivity contribution in [2.24, 2.45) is 5.41 Å². The molecule has 3 N–H and O–H groups in total. The van der Waals surface area contributed by atoms with Gasteiger partial charge in [-0.3, -0.25) is 19.8 Å². The Hall–Kier alpha value is -2.06. The minimum absolute atomic E-state index is 0.0390. The second-order valence-corrected chi connectivity index (χ2v) is 8.13. The molecule has 8 heteroatoms. The molecule has 150 valence electrons. The molecule has 0 saturated carbocycles. The van der Waals surface area contributed by atoms with E-state index in [1.807, 2.05) is 20.8 Å². The monoisotopic (exact) mass is 382 g/mol. The van der Waals surface area contributed by atoms with Crippen LogP contribution in [0.5, 0.6) is 0 Å². The van der Waals surface area contributed by atoms with Gasteiger partial charge in [-0.05, 0) is 25.1 Å². The van der Waals surface area contributed by atoms with E-state index in [0.717, 1.165) is 5.56 Å². The number of benzene rings is 1. The van der Waals surface area contributed by atoms with Gasteiger partial charge in [-0.2, -0.15) is 0 Å². The first-order valence-corrected chi connectivity index (χ1v) is 8.89. The molecular weight excluding hydrogens is 354 g/mol. The summed E-state index contributed by atoms with van der Waals surface area (Å²) in [4.78, 5) is 26.5. The Bertz CT molecular complexity index is 671. The molecule has 1 heterocycles. The Labute approximate surface area is 158 Å². The van der Waals surface area contributed by atoms with Crippen LogP contribution in [-0.4, -0.2) is 43.1 Å². The highest BCUT2D eigenvalue weighted by molar-refractivity contribution is 5.89. The second-order valence-electron chi connectivity index (χ2n) is 8.13. The summed E-state index contributed by atoms with van der Waals surface area (Å²) >= 11 is 0. The molecule has 1 aliphatic heterocycles. The van der Waals surface area contributed by atoms with Gasteiger partial charge in [0.2, 0.25) is 11.8 Å². The number of nitrogens with zero attached hydrogens (tertiary/aromatic N) is 1. The summed E-state index contributed by atoms with van der Waals surface area (Å²) in [5.74, 6) is -0.504. The highest BCUT2D eigenvalue weighted by Crippen LogP contribution is 2.33. The quantitative estimate of drug-likeness (QED) is 0.730. The fraction of sp³-hybridized carbons (Fsp3) is 0.579. The first-order chi connectivity index (χ1) is 12.5. The lowest BCUT2D eigenvalue weighted by Crippen LogP contribution is -2.65. The van der Waals surface area contributed by atoms with Gasteiger partial charge in [-0.25, -0.2) is 8.78 Å². The third-order valence-corrected chi connectivity index (χ3v) is 4.55. The summed E-state index contributed by atoms with van der Waals surface area (Å²) in [6.45, 7) is 5.88. The van der Waals surface area contributed by atoms with Crippen molar-refractivity contribution in [2.45, 2.75) is 52.0 Å². The Morgan fingerprint density at radius 1 is 1.19 bits per heavy atom. The van der Waals surface area contributed by atoms with Crippen LogP contribution in [0.1, 0.15) is 50.8 Å². The number of hydrogen-bond donors (Lipinski definition) is 3. The van der Waals surface area contributed by atoms with E-state index in [0.29, 0.717) is 0 Å². The number of halogens is 2. The molecule has 0 aromatic heterocycles. The molecule has 3 atom stereocenters. The van der Waals surface area contributed by atoms with Gasteiger partial charge in [0, 0.05) is 5.56 Å². The van der Waals surface area contributed by atoms with Gasteiger partial charge in [0.05, 0.1) is 18.5 Å². The lowest BCUT2D eigenvalue weighted by molar-refractivity contribution is -0.134. The van der Waals surface area contributed by atoms with E-state index in [1.165, 1.54) is 12.1 Å². The topological polar surface area (TPSA) is 73.5 Å². The molecule has 0 spiro atoms. The van der Waals surface area contributed by atoms with Gasteiger partial charge in [0.25, 0.3) is 6.43 Å². The smallest absolute Gasteiger partial charge is 0.263 e. The molecule has 0 radical (unpaired) electrons. The highest BCUT2D eigenvalue weighted by Gasteiger charge is 2.35. The maximum absolute atomic E-state index is 12.8. The van der Waals surface area contributed by atoms with Crippen LogP contribution in [0.4, 0.5) is 8.78 Å². The van der Waals surface area contributed by atoms with Crippen LogP contribution in [0.3, 0.4) is 0 Å².